The molecule has 0 saturated heterocycles. The summed E-state index contributed by atoms with van der Waals surface area (Å²) < 4.78 is 13.2. The van der Waals surface area contributed by atoms with Crippen molar-refractivity contribution in [3.8, 4) is 0 Å². The summed E-state index contributed by atoms with van der Waals surface area (Å²) in [6.07, 6.45) is 2.30. The minimum absolute atomic E-state index is 0.0277. The van der Waals surface area contributed by atoms with Crippen molar-refractivity contribution in [1.29, 1.82) is 5.41 Å². The summed E-state index contributed by atoms with van der Waals surface area (Å²) >= 11 is 0. The van der Waals surface area contributed by atoms with Gasteiger partial charge in [0.15, 0.2) is 0 Å². The van der Waals surface area contributed by atoms with Crippen LogP contribution in [0.5, 0.6) is 0 Å². The summed E-state index contributed by atoms with van der Waals surface area (Å²) in [6, 6.07) is 12.1. The molecule has 0 aromatic heterocycles. The number of anilines is 2. The molecular formula is C28H41FN4O. The molecular weight excluding hydrogens is 427 g/mol. The molecule has 1 atom stereocenters. The number of benzene rings is 2. The fraction of sp³-hybridized carbons (Fsp3) is 0.500. The zero-order valence-corrected chi connectivity index (χ0v) is 21.7. The Balaban J connectivity index is 2.22. The monoisotopic (exact) mass is 468 g/mol. The lowest BCUT2D eigenvalue weighted by Gasteiger charge is -2.36. The van der Waals surface area contributed by atoms with Crippen molar-refractivity contribution < 1.29 is 9.18 Å². The molecule has 1 unspecified atom stereocenters. The largest absolute Gasteiger partial charge is 0.355 e. The Bertz CT molecular complexity index is 961. The van der Waals surface area contributed by atoms with E-state index in [2.05, 4.69) is 70.5 Å². The van der Waals surface area contributed by atoms with Crippen molar-refractivity contribution >= 4 is 23.6 Å². The molecule has 186 valence electrons. The minimum Gasteiger partial charge on any atom is -0.355 e. The Hall–Kier alpha value is -2.89. The van der Waals surface area contributed by atoms with E-state index in [1.165, 1.54) is 18.3 Å². The maximum atomic E-state index is 13.2. The third-order valence-electron chi connectivity index (χ3n) is 5.89. The smallest absolute Gasteiger partial charge is 0.314 e. The second kappa shape index (κ2) is 11.5. The van der Waals surface area contributed by atoms with Crippen molar-refractivity contribution in [2.75, 3.05) is 18.4 Å². The summed E-state index contributed by atoms with van der Waals surface area (Å²) in [4.78, 5) is 12.4. The number of nitrogens with one attached hydrogen (secondary N) is 4. The van der Waals surface area contributed by atoms with E-state index in [1.54, 1.807) is 12.1 Å². The summed E-state index contributed by atoms with van der Waals surface area (Å²) in [5.74, 6) is 0.376. The first kappa shape index (κ1) is 27.4. The molecule has 0 bridgehead atoms. The van der Waals surface area contributed by atoms with Crippen LogP contribution in [0.25, 0.3) is 0 Å². The maximum Gasteiger partial charge on any atom is 0.314 e. The van der Waals surface area contributed by atoms with Gasteiger partial charge in [-0.1, -0.05) is 54.5 Å². The molecule has 0 saturated carbocycles. The highest BCUT2D eigenvalue weighted by molar-refractivity contribution is 5.87. The lowest BCUT2D eigenvalue weighted by molar-refractivity contribution is 0.214. The average Bonchev–Trinajstić information content (AvgIpc) is 2.76. The molecule has 6 heteroatoms. The summed E-state index contributed by atoms with van der Waals surface area (Å²) in [5, 5.41) is 17.3. The Morgan fingerprint density at radius 2 is 1.62 bits per heavy atom. The van der Waals surface area contributed by atoms with E-state index in [0.717, 1.165) is 28.9 Å². The predicted octanol–water partition coefficient (Wildman–Crippen LogP) is 7.07. The second-order valence-corrected chi connectivity index (χ2v) is 11.4. The molecule has 0 aliphatic carbocycles. The number of amides is 2. The molecule has 2 amide bonds. The van der Waals surface area contributed by atoms with Gasteiger partial charge in [-0.2, -0.15) is 0 Å². The van der Waals surface area contributed by atoms with Crippen LogP contribution in [0, 0.1) is 28.0 Å². The van der Waals surface area contributed by atoms with Gasteiger partial charge in [-0.15, -0.1) is 0 Å². The van der Waals surface area contributed by atoms with Crippen LogP contribution in [0.2, 0.25) is 0 Å². The molecule has 0 heterocycles. The molecule has 4 N–H and O–H groups in total. The number of hydrogen-bond donors (Lipinski definition) is 4. The highest BCUT2D eigenvalue weighted by atomic mass is 19.1. The first-order chi connectivity index (χ1) is 15.8. The molecule has 2 aromatic carbocycles. The first-order valence-corrected chi connectivity index (χ1v) is 12.0. The number of rotatable bonds is 10. The zero-order valence-electron chi connectivity index (χ0n) is 21.7. The van der Waals surface area contributed by atoms with Crippen LogP contribution in [0.4, 0.5) is 20.6 Å². The zero-order chi connectivity index (χ0) is 25.5. The van der Waals surface area contributed by atoms with E-state index >= 15 is 0 Å². The van der Waals surface area contributed by atoms with Gasteiger partial charge in [-0.05, 0) is 71.0 Å². The Kier molecular flexibility index (Phi) is 9.25. The van der Waals surface area contributed by atoms with Crippen LogP contribution in [-0.2, 0) is 0 Å². The highest BCUT2D eigenvalue weighted by Crippen LogP contribution is 2.41. The van der Waals surface area contributed by atoms with Gasteiger partial charge in [0.1, 0.15) is 5.82 Å². The van der Waals surface area contributed by atoms with E-state index in [-0.39, 0.29) is 28.6 Å². The number of hydrogen-bond acceptors (Lipinski definition) is 3. The van der Waals surface area contributed by atoms with Crippen LogP contribution >= 0.6 is 0 Å². The second-order valence-electron chi connectivity index (χ2n) is 11.4. The fourth-order valence-electron chi connectivity index (χ4n) is 3.94. The van der Waals surface area contributed by atoms with Crippen molar-refractivity contribution in [2.24, 2.45) is 16.7 Å². The minimum atomic E-state index is -0.285. The van der Waals surface area contributed by atoms with Gasteiger partial charge in [-0.25, -0.2) is 9.18 Å². The van der Waals surface area contributed by atoms with Crippen molar-refractivity contribution in [2.45, 2.75) is 60.8 Å². The number of urea groups is 1. The summed E-state index contributed by atoms with van der Waals surface area (Å²) in [6.45, 7) is 16.2. The molecule has 2 rings (SSSR count). The van der Waals surface area contributed by atoms with Gasteiger partial charge in [0.05, 0.1) is 0 Å². The summed E-state index contributed by atoms with van der Waals surface area (Å²) in [5.41, 5.74) is 3.29. The lowest BCUT2D eigenvalue weighted by Crippen LogP contribution is -2.45. The van der Waals surface area contributed by atoms with Gasteiger partial charge < -0.3 is 21.4 Å². The molecule has 0 aliphatic rings. The first-order valence-electron chi connectivity index (χ1n) is 12.0. The average molecular weight is 469 g/mol. The summed E-state index contributed by atoms with van der Waals surface area (Å²) in [7, 11) is 0. The standard InChI is InChI=1S/C28H41FN4O/c1-19(2)14-24(28(6,7)18-32-26(34)31-17-27(3,4)5)20-8-13-25(21(15-20)16-30)33-23-11-9-22(29)10-12-23/h8-13,15-16,19,24,30,33H,14,17-18H2,1-7H3,(H2,31,32,34). The van der Waals surface area contributed by atoms with Gasteiger partial charge in [0.2, 0.25) is 0 Å². The molecule has 2 aromatic rings. The van der Waals surface area contributed by atoms with Crippen LogP contribution in [0.15, 0.2) is 42.5 Å². The molecule has 0 aliphatic heterocycles. The van der Waals surface area contributed by atoms with Crippen LogP contribution in [0.1, 0.15) is 71.9 Å². The van der Waals surface area contributed by atoms with Gasteiger partial charge >= 0.3 is 6.03 Å². The fourth-order valence-corrected chi connectivity index (χ4v) is 3.94. The molecule has 34 heavy (non-hydrogen) atoms. The van der Waals surface area contributed by atoms with E-state index < -0.39 is 0 Å². The Morgan fingerprint density at radius 1 is 1.00 bits per heavy atom. The van der Waals surface area contributed by atoms with Crippen molar-refractivity contribution in [3.05, 3.63) is 59.4 Å². The number of carbonyl (C=O) groups is 1. The molecule has 0 spiro atoms. The Morgan fingerprint density at radius 3 is 2.18 bits per heavy atom. The molecule has 0 radical (unpaired) electrons. The van der Waals surface area contributed by atoms with E-state index in [0.29, 0.717) is 19.0 Å². The topological polar surface area (TPSA) is 77.0 Å². The van der Waals surface area contributed by atoms with Gasteiger partial charge in [0, 0.05) is 36.2 Å². The van der Waals surface area contributed by atoms with Crippen LogP contribution < -0.4 is 16.0 Å². The van der Waals surface area contributed by atoms with E-state index in [4.69, 9.17) is 5.41 Å². The van der Waals surface area contributed by atoms with E-state index in [9.17, 15) is 9.18 Å². The van der Waals surface area contributed by atoms with Crippen molar-refractivity contribution in [1.82, 2.24) is 10.6 Å². The number of halogens is 1. The third kappa shape index (κ3) is 8.47. The van der Waals surface area contributed by atoms with Crippen LogP contribution in [0.3, 0.4) is 0 Å². The van der Waals surface area contributed by atoms with Crippen molar-refractivity contribution in [3.63, 3.8) is 0 Å². The molecule has 5 nitrogen and oxygen atoms in total. The highest BCUT2D eigenvalue weighted by Gasteiger charge is 2.32. The predicted molar refractivity (Wildman–Crippen MR) is 141 cm³/mol. The van der Waals surface area contributed by atoms with Gasteiger partial charge in [0.25, 0.3) is 0 Å². The molecule has 0 fully saturated rings. The van der Waals surface area contributed by atoms with Crippen LogP contribution in [-0.4, -0.2) is 25.3 Å². The van der Waals surface area contributed by atoms with Gasteiger partial charge in [-0.3, -0.25) is 0 Å². The normalized spacial score (nSPS) is 12.9. The number of carbonyl (C=O) groups excluding carboxylic acids is 1. The third-order valence-corrected chi connectivity index (χ3v) is 5.89. The SMILES string of the molecule is CC(C)CC(c1ccc(Nc2ccc(F)cc2)c(C=N)c1)C(C)(C)CNC(=O)NCC(C)(C)C. The maximum absolute atomic E-state index is 13.2. The Labute approximate surface area is 204 Å². The quantitative estimate of drug-likeness (QED) is 0.282. The van der Waals surface area contributed by atoms with E-state index in [1.807, 2.05) is 12.1 Å². The lowest BCUT2D eigenvalue weighted by atomic mass is 9.71.